The molecule has 0 unspecified atom stereocenters. The lowest BCUT2D eigenvalue weighted by molar-refractivity contribution is 0.101. The van der Waals surface area contributed by atoms with Crippen molar-refractivity contribution in [2.75, 3.05) is 7.11 Å². The van der Waals surface area contributed by atoms with Crippen LogP contribution in [0.3, 0.4) is 0 Å². The average molecular weight is 270 g/mol. The lowest BCUT2D eigenvalue weighted by Crippen LogP contribution is -2.02. The summed E-state index contributed by atoms with van der Waals surface area (Å²) in [5.41, 5.74) is 2.60. The molecule has 0 atom stereocenters. The smallest absolute Gasteiger partial charge is 0.159 e. The Balaban J connectivity index is 2.22. The van der Waals surface area contributed by atoms with Crippen molar-refractivity contribution in [2.24, 2.45) is 0 Å². The summed E-state index contributed by atoms with van der Waals surface area (Å²) in [6, 6.07) is 13.2. The van der Waals surface area contributed by atoms with Crippen molar-refractivity contribution in [1.29, 1.82) is 0 Å². The van der Waals surface area contributed by atoms with Crippen molar-refractivity contribution in [2.45, 2.75) is 20.5 Å². The molecule has 0 bridgehead atoms. The zero-order chi connectivity index (χ0) is 14.5. The zero-order valence-electron chi connectivity index (χ0n) is 12.0. The molecule has 0 N–H and O–H groups in total. The van der Waals surface area contributed by atoms with Gasteiger partial charge in [0.05, 0.1) is 7.11 Å². The molecule has 0 saturated carbocycles. The fraction of sp³-hybridized carbons (Fsp3) is 0.235. The highest BCUT2D eigenvalue weighted by Crippen LogP contribution is 2.24. The van der Waals surface area contributed by atoms with E-state index in [9.17, 15) is 4.79 Å². The van der Waals surface area contributed by atoms with E-state index in [0.29, 0.717) is 12.2 Å². The van der Waals surface area contributed by atoms with Gasteiger partial charge in [-0.05, 0) is 43.7 Å². The minimum absolute atomic E-state index is 0.0322. The van der Waals surface area contributed by atoms with Crippen molar-refractivity contribution in [3.05, 3.63) is 59.2 Å². The average Bonchev–Trinajstić information content (AvgIpc) is 2.46. The summed E-state index contributed by atoms with van der Waals surface area (Å²) in [5.74, 6) is 1.59. The molecule has 0 aliphatic heterocycles. The lowest BCUT2D eigenvalue weighted by Gasteiger charge is -2.12. The molecule has 0 aromatic heterocycles. The highest BCUT2D eigenvalue weighted by molar-refractivity contribution is 5.94. The number of carbonyl (C=O) groups excluding carboxylic acids is 1. The topological polar surface area (TPSA) is 35.5 Å². The van der Waals surface area contributed by atoms with Crippen molar-refractivity contribution < 1.29 is 14.3 Å². The Labute approximate surface area is 119 Å². The molecule has 3 heteroatoms. The Bertz CT molecular complexity index is 617. The minimum Gasteiger partial charge on any atom is -0.496 e. The summed E-state index contributed by atoms with van der Waals surface area (Å²) in [6.07, 6.45) is 0. The molecule has 104 valence electrons. The van der Waals surface area contributed by atoms with Gasteiger partial charge in [-0.2, -0.15) is 0 Å². The molecular formula is C17H18O3. The van der Waals surface area contributed by atoms with Crippen molar-refractivity contribution in [3.63, 3.8) is 0 Å². The number of aryl methyl sites for hydroxylation is 1. The molecule has 2 aromatic rings. The number of rotatable bonds is 5. The van der Waals surface area contributed by atoms with E-state index in [4.69, 9.17) is 9.47 Å². The van der Waals surface area contributed by atoms with Gasteiger partial charge in [0.2, 0.25) is 0 Å². The van der Waals surface area contributed by atoms with Gasteiger partial charge in [0.15, 0.2) is 5.78 Å². The Morgan fingerprint density at radius 1 is 1.10 bits per heavy atom. The van der Waals surface area contributed by atoms with Gasteiger partial charge in [0.1, 0.15) is 18.1 Å². The second kappa shape index (κ2) is 6.24. The minimum atomic E-state index is 0.0322. The van der Waals surface area contributed by atoms with E-state index in [2.05, 4.69) is 0 Å². The van der Waals surface area contributed by atoms with E-state index >= 15 is 0 Å². The molecule has 20 heavy (non-hydrogen) atoms. The van der Waals surface area contributed by atoms with E-state index in [1.54, 1.807) is 26.2 Å². The fourth-order valence-electron chi connectivity index (χ4n) is 1.98. The third kappa shape index (κ3) is 3.18. The summed E-state index contributed by atoms with van der Waals surface area (Å²) in [5, 5.41) is 0. The van der Waals surface area contributed by atoms with Crippen molar-refractivity contribution >= 4 is 5.78 Å². The van der Waals surface area contributed by atoms with Gasteiger partial charge in [-0.1, -0.05) is 18.2 Å². The first-order valence-corrected chi connectivity index (χ1v) is 6.48. The highest BCUT2D eigenvalue weighted by Gasteiger charge is 2.08. The fourth-order valence-corrected chi connectivity index (χ4v) is 1.98. The van der Waals surface area contributed by atoms with Gasteiger partial charge < -0.3 is 9.47 Å². The van der Waals surface area contributed by atoms with E-state index in [0.717, 1.165) is 22.6 Å². The van der Waals surface area contributed by atoms with Crippen LogP contribution in [0.1, 0.15) is 28.4 Å². The van der Waals surface area contributed by atoms with Gasteiger partial charge in [-0.25, -0.2) is 0 Å². The normalized spacial score (nSPS) is 10.2. The number of hydrogen-bond donors (Lipinski definition) is 0. The van der Waals surface area contributed by atoms with Crippen LogP contribution >= 0.6 is 0 Å². The van der Waals surface area contributed by atoms with E-state index < -0.39 is 0 Å². The predicted octanol–water partition coefficient (Wildman–Crippen LogP) is 3.79. The monoisotopic (exact) mass is 270 g/mol. The van der Waals surface area contributed by atoms with Crippen LogP contribution in [0.4, 0.5) is 0 Å². The molecule has 0 aliphatic rings. The number of ketones is 1. The van der Waals surface area contributed by atoms with Crippen LogP contribution in [0, 0.1) is 6.92 Å². The number of benzene rings is 2. The van der Waals surface area contributed by atoms with Crippen LogP contribution in [0.2, 0.25) is 0 Å². The standard InChI is InChI=1S/C17H18O3/c1-12-6-4-5-7-16(12)20-11-15-10-14(13(2)18)8-9-17(15)19-3/h4-10H,11H2,1-3H3. The molecule has 0 amide bonds. The third-order valence-corrected chi connectivity index (χ3v) is 3.16. The van der Waals surface area contributed by atoms with Gasteiger partial charge in [0.25, 0.3) is 0 Å². The number of ether oxygens (including phenoxy) is 2. The number of methoxy groups -OCH3 is 1. The number of Topliss-reactive ketones (excluding diaryl/α,β-unsaturated/α-hetero) is 1. The SMILES string of the molecule is COc1ccc(C(C)=O)cc1COc1ccccc1C. The molecule has 0 radical (unpaired) electrons. The Morgan fingerprint density at radius 3 is 2.50 bits per heavy atom. The van der Waals surface area contributed by atoms with Gasteiger partial charge in [0, 0.05) is 11.1 Å². The molecule has 3 nitrogen and oxygen atoms in total. The van der Waals surface area contributed by atoms with Gasteiger partial charge in [-0.3, -0.25) is 4.79 Å². The lowest BCUT2D eigenvalue weighted by atomic mass is 10.1. The maximum atomic E-state index is 11.4. The maximum Gasteiger partial charge on any atom is 0.159 e. The molecule has 2 rings (SSSR count). The summed E-state index contributed by atoms with van der Waals surface area (Å²) in [7, 11) is 1.61. The van der Waals surface area contributed by atoms with Crippen molar-refractivity contribution in [3.8, 4) is 11.5 Å². The highest BCUT2D eigenvalue weighted by atomic mass is 16.5. The van der Waals surface area contributed by atoms with E-state index in [-0.39, 0.29) is 5.78 Å². The van der Waals surface area contributed by atoms with E-state index in [1.165, 1.54) is 0 Å². The van der Waals surface area contributed by atoms with Crippen LogP contribution in [-0.2, 0) is 6.61 Å². The molecule has 0 heterocycles. The Hall–Kier alpha value is -2.29. The van der Waals surface area contributed by atoms with Gasteiger partial charge in [-0.15, -0.1) is 0 Å². The molecule has 2 aromatic carbocycles. The van der Waals surface area contributed by atoms with Crippen LogP contribution in [0.15, 0.2) is 42.5 Å². The first-order chi connectivity index (χ1) is 9.61. The maximum absolute atomic E-state index is 11.4. The summed E-state index contributed by atoms with van der Waals surface area (Å²) < 4.78 is 11.1. The number of para-hydroxylation sites is 1. The molecule has 0 aliphatic carbocycles. The van der Waals surface area contributed by atoms with Crippen LogP contribution < -0.4 is 9.47 Å². The van der Waals surface area contributed by atoms with Crippen LogP contribution in [-0.4, -0.2) is 12.9 Å². The summed E-state index contributed by atoms with van der Waals surface area (Å²) in [6.45, 7) is 3.92. The second-order valence-corrected chi connectivity index (χ2v) is 4.64. The zero-order valence-corrected chi connectivity index (χ0v) is 12.0. The first kappa shape index (κ1) is 14.1. The number of carbonyl (C=O) groups is 1. The van der Waals surface area contributed by atoms with Crippen LogP contribution in [0.5, 0.6) is 11.5 Å². The Morgan fingerprint density at radius 2 is 1.85 bits per heavy atom. The largest absolute Gasteiger partial charge is 0.496 e. The molecular weight excluding hydrogens is 252 g/mol. The summed E-state index contributed by atoms with van der Waals surface area (Å²) >= 11 is 0. The van der Waals surface area contributed by atoms with Crippen LogP contribution in [0.25, 0.3) is 0 Å². The van der Waals surface area contributed by atoms with Gasteiger partial charge >= 0.3 is 0 Å². The first-order valence-electron chi connectivity index (χ1n) is 6.48. The quantitative estimate of drug-likeness (QED) is 0.775. The predicted molar refractivity (Wildman–Crippen MR) is 78.5 cm³/mol. The van der Waals surface area contributed by atoms with Crippen molar-refractivity contribution in [1.82, 2.24) is 0 Å². The molecule has 0 saturated heterocycles. The Kier molecular flexibility index (Phi) is 4.41. The molecule has 0 spiro atoms. The second-order valence-electron chi connectivity index (χ2n) is 4.64. The van der Waals surface area contributed by atoms with E-state index in [1.807, 2.05) is 37.3 Å². The third-order valence-electron chi connectivity index (χ3n) is 3.16. The number of hydrogen-bond acceptors (Lipinski definition) is 3. The summed E-state index contributed by atoms with van der Waals surface area (Å²) in [4.78, 5) is 11.4. The molecule has 0 fully saturated rings.